The van der Waals surface area contributed by atoms with E-state index in [1.807, 2.05) is 25.3 Å². The van der Waals surface area contributed by atoms with Crippen molar-refractivity contribution < 1.29 is 0 Å². The largest absolute Gasteiger partial charge is 0.328 e. The fraction of sp³-hybridized carbons (Fsp3) is 0.400. The Kier molecular flexibility index (Phi) is 2.45. The average molecular weight is 190 g/mol. The van der Waals surface area contributed by atoms with E-state index in [2.05, 4.69) is 10.1 Å². The second-order valence-corrected chi connectivity index (χ2v) is 3.57. The second-order valence-electron chi connectivity index (χ2n) is 3.57. The molecule has 74 valence electrons. The summed E-state index contributed by atoms with van der Waals surface area (Å²) in [6.45, 7) is 2.01. The van der Waals surface area contributed by atoms with Crippen LogP contribution in [0.15, 0.2) is 24.5 Å². The highest BCUT2D eigenvalue weighted by atomic mass is 15.2. The van der Waals surface area contributed by atoms with Crippen molar-refractivity contribution in [3.63, 3.8) is 0 Å². The molecule has 0 radical (unpaired) electrons. The minimum atomic E-state index is 0.229. The van der Waals surface area contributed by atoms with Crippen molar-refractivity contribution in [3.8, 4) is 0 Å². The van der Waals surface area contributed by atoms with Gasteiger partial charge < -0.3 is 5.73 Å². The Bertz CT molecular complexity index is 386. The molecule has 2 rings (SSSR count). The first-order valence-electron chi connectivity index (χ1n) is 4.80. The fourth-order valence-corrected chi connectivity index (χ4v) is 1.38. The summed E-state index contributed by atoms with van der Waals surface area (Å²) in [5, 5.41) is 4.38. The summed E-state index contributed by atoms with van der Waals surface area (Å²) in [5.74, 6) is 0. The topological polar surface area (TPSA) is 56.2 Å². The van der Waals surface area contributed by atoms with Gasteiger partial charge in [-0.05, 0) is 25.8 Å². The van der Waals surface area contributed by atoms with Gasteiger partial charge in [0, 0.05) is 24.5 Å². The molecule has 0 unspecified atom stereocenters. The molecular weight excluding hydrogens is 176 g/mol. The van der Waals surface area contributed by atoms with E-state index in [1.54, 1.807) is 10.7 Å². The first-order valence-corrected chi connectivity index (χ1v) is 4.80. The number of fused-ring (bicyclic) bond motifs is 1. The molecule has 2 heterocycles. The lowest BCUT2D eigenvalue weighted by Gasteiger charge is -2.00. The summed E-state index contributed by atoms with van der Waals surface area (Å²) < 4.78 is 1.79. The highest BCUT2D eigenvalue weighted by molar-refractivity contribution is 5.38. The Morgan fingerprint density at radius 3 is 3.14 bits per heavy atom. The molecule has 0 saturated carbocycles. The lowest BCUT2D eigenvalue weighted by atomic mass is 10.1. The molecule has 0 aromatic carbocycles. The van der Waals surface area contributed by atoms with Crippen molar-refractivity contribution >= 4 is 5.65 Å². The Hall–Kier alpha value is -1.42. The Morgan fingerprint density at radius 2 is 2.43 bits per heavy atom. The first-order chi connectivity index (χ1) is 6.75. The molecule has 14 heavy (non-hydrogen) atoms. The average Bonchev–Trinajstić information content (AvgIpc) is 2.57. The fourth-order valence-electron chi connectivity index (χ4n) is 1.38. The zero-order chi connectivity index (χ0) is 9.97. The van der Waals surface area contributed by atoms with Gasteiger partial charge in [0.05, 0.1) is 5.69 Å². The van der Waals surface area contributed by atoms with Crippen molar-refractivity contribution in [3.05, 3.63) is 30.2 Å². The molecule has 0 aliphatic heterocycles. The Labute approximate surface area is 82.8 Å². The molecule has 0 aliphatic rings. The molecule has 0 fully saturated rings. The van der Waals surface area contributed by atoms with Crippen LogP contribution in [-0.2, 0) is 6.42 Å². The van der Waals surface area contributed by atoms with Crippen LogP contribution in [0.3, 0.4) is 0 Å². The Balaban J connectivity index is 2.19. The van der Waals surface area contributed by atoms with Gasteiger partial charge in [-0.3, -0.25) is 0 Å². The molecule has 0 aliphatic carbocycles. The van der Waals surface area contributed by atoms with Crippen LogP contribution < -0.4 is 5.73 Å². The number of aromatic nitrogens is 3. The number of rotatable bonds is 3. The van der Waals surface area contributed by atoms with Crippen LogP contribution in [0.25, 0.3) is 5.65 Å². The second kappa shape index (κ2) is 3.75. The molecule has 2 aromatic heterocycles. The van der Waals surface area contributed by atoms with Gasteiger partial charge in [-0.25, -0.2) is 9.50 Å². The number of hydrogen-bond donors (Lipinski definition) is 1. The number of nitrogens with zero attached hydrogens (tertiary/aromatic N) is 3. The van der Waals surface area contributed by atoms with E-state index < -0.39 is 0 Å². The van der Waals surface area contributed by atoms with E-state index in [1.165, 1.54) is 0 Å². The van der Waals surface area contributed by atoms with Crippen LogP contribution >= 0.6 is 0 Å². The smallest absolute Gasteiger partial charge is 0.155 e. The van der Waals surface area contributed by atoms with Gasteiger partial charge in [0.15, 0.2) is 5.65 Å². The van der Waals surface area contributed by atoms with E-state index in [-0.39, 0.29) is 6.04 Å². The van der Waals surface area contributed by atoms with Gasteiger partial charge in [-0.1, -0.05) is 0 Å². The van der Waals surface area contributed by atoms with Gasteiger partial charge >= 0.3 is 0 Å². The molecule has 0 bridgehead atoms. The molecule has 4 heteroatoms. The monoisotopic (exact) mass is 190 g/mol. The maximum absolute atomic E-state index is 5.68. The molecule has 2 N–H and O–H groups in total. The predicted molar refractivity (Wildman–Crippen MR) is 55.0 cm³/mol. The van der Waals surface area contributed by atoms with Crippen LogP contribution in [0.1, 0.15) is 19.0 Å². The van der Waals surface area contributed by atoms with Gasteiger partial charge in [-0.2, -0.15) is 5.10 Å². The summed E-state index contributed by atoms with van der Waals surface area (Å²) in [6, 6.07) is 4.10. The third-order valence-electron chi connectivity index (χ3n) is 2.14. The van der Waals surface area contributed by atoms with E-state index >= 15 is 0 Å². The SMILES string of the molecule is C[C@@H](N)CCc1cc2ncccn2n1. The van der Waals surface area contributed by atoms with Gasteiger partial charge in [0.2, 0.25) is 0 Å². The van der Waals surface area contributed by atoms with E-state index in [0.717, 1.165) is 24.2 Å². The van der Waals surface area contributed by atoms with Crippen molar-refractivity contribution in [1.29, 1.82) is 0 Å². The molecular formula is C10H14N4. The molecule has 2 aromatic rings. The lowest BCUT2D eigenvalue weighted by molar-refractivity contribution is 0.654. The van der Waals surface area contributed by atoms with Crippen LogP contribution in [0, 0.1) is 0 Å². The highest BCUT2D eigenvalue weighted by Crippen LogP contribution is 2.05. The van der Waals surface area contributed by atoms with Crippen LogP contribution in [0.4, 0.5) is 0 Å². The summed E-state index contributed by atoms with van der Waals surface area (Å²) in [7, 11) is 0. The lowest BCUT2D eigenvalue weighted by Crippen LogP contribution is -2.15. The minimum absolute atomic E-state index is 0.229. The van der Waals surface area contributed by atoms with Crippen molar-refractivity contribution in [2.75, 3.05) is 0 Å². The van der Waals surface area contributed by atoms with E-state index in [4.69, 9.17) is 5.73 Å². The van der Waals surface area contributed by atoms with Gasteiger partial charge in [0.25, 0.3) is 0 Å². The maximum atomic E-state index is 5.68. The van der Waals surface area contributed by atoms with Crippen molar-refractivity contribution in [1.82, 2.24) is 14.6 Å². The summed E-state index contributed by atoms with van der Waals surface area (Å²) in [5.41, 5.74) is 7.64. The summed E-state index contributed by atoms with van der Waals surface area (Å²) in [6.07, 6.45) is 5.55. The Morgan fingerprint density at radius 1 is 1.57 bits per heavy atom. The summed E-state index contributed by atoms with van der Waals surface area (Å²) in [4.78, 5) is 4.20. The quantitative estimate of drug-likeness (QED) is 0.785. The zero-order valence-electron chi connectivity index (χ0n) is 8.22. The standard InChI is InChI=1S/C10H14N4/c1-8(11)3-4-9-7-10-12-5-2-6-14(10)13-9/h2,5-8H,3-4,11H2,1H3/t8-/m1/s1. The highest BCUT2D eigenvalue weighted by Gasteiger charge is 2.02. The first kappa shape index (κ1) is 9.15. The predicted octanol–water partition coefficient (Wildman–Crippen LogP) is 1.01. The molecule has 4 nitrogen and oxygen atoms in total. The maximum Gasteiger partial charge on any atom is 0.155 e. The molecule has 1 atom stereocenters. The molecule has 0 spiro atoms. The van der Waals surface area contributed by atoms with Crippen LogP contribution in [0.5, 0.6) is 0 Å². The number of aryl methyl sites for hydroxylation is 1. The molecule has 0 amide bonds. The zero-order valence-corrected chi connectivity index (χ0v) is 8.22. The van der Waals surface area contributed by atoms with Crippen molar-refractivity contribution in [2.45, 2.75) is 25.8 Å². The third kappa shape index (κ3) is 1.90. The minimum Gasteiger partial charge on any atom is -0.328 e. The van der Waals surface area contributed by atoms with Crippen molar-refractivity contribution in [2.24, 2.45) is 5.73 Å². The van der Waals surface area contributed by atoms with Crippen LogP contribution in [0.2, 0.25) is 0 Å². The van der Waals surface area contributed by atoms with Gasteiger partial charge in [-0.15, -0.1) is 0 Å². The molecule has 0 saturated heterocycles. The van der Waals surface area contributed by atoms with E-state index in [9.17, 15) is 0 Å². The number of hydrogen-bond acceptors (Lipinski definition) is 3. The van der Waals surface area contributed by atoms with Gasteiger partial charge in [0.1, 0.15) is 0 Å². The summed E-state index contributed by atoms with van der Waals surface area (Å²) >= 11 is 0. The number of nitrogens with two attached hydrogens (primary N) is 1. The normalized spacial score (nSPS) is 13.3. The third-order valence-corrected chi connectivity index (χ3v) is 2.14. The van der Waals surface area contributed by atoms with Crippen LogP contribution in [-0.4, -0.2) is 20.6 Å². The van der Waals surface area contributed by atoms with E-state index in [0.29, 0.717) is 0 Å².